The highest BCUT2D eigenvalue weighted by atomic mass is 32.1. The lowest BCUT2D eigenvalue weighted by atomic mass is 10.3. The van der Waals surface area contributed by atoms with Crippen LogP contribution in [0.1, 0.15) is 11.3 Å². The third-order valence-corrected chi connectivity index (χ3v) is 1.57. The zero-order chi connectivity index (χ0) is 8.27. The molecule has 0 saturated carbocycles. The average Bonchev–Trinajstić information content (AvgIpc) is 2.32. The van der Waals surface area contributed by atoms with Crippen LogP contribution in [0.25, 0.3) is 6.08 Å². The summed E-state index contributed by atoms with van der Waals surface area (Å²) in [7, 11) is 2.45. The van der Waals surface area contributed by atoms with Gasteiger partial charge in [-0.05, 0) is 18.9 Å². The first kappa shape index (κ1) is 8.50. The minimum absolute atomic E-state index is 0.755. The van der Waals surface area contributed by atoms with Crippen molar-refractivity contribution in [1.29, 1.82) is 5.41 Å². The van der Waals surface area contributed by atoms with E-state index in [1.165, 1.54) is 10.3 Å². The molecular weight excluding hydrogens is 177 g/mol. The van der Waals surface area contributed by atoms with Gasteiger partial charge in [-0.25, -0.2) is 4.09 Å². The van der Waals surface area contributed by atoms with Crippen molar-refractivity contribution in [1.82, 2.24) is 9.19 Å². The van der Waals surface area contributed by atoms with Gasteiger partial charge < -0.3 is 5.41 Å². The molecule has 0 saturated heterocycles. The van der Waals surface area contributed by atoms with Gasteiger partial charge in [0.2, 0.25) is 0 Å². The molecule has 58 valence electrons. The standard InChI is InChI=1S/C6H8N3PS/c7-3-5-4-9(11)8-6(5)1-2-10/h1-4,7,11H,10H2/b2-1-,7-3?. The van der Waals surface area contributed by atoms with Crippen LogP contribution in [0.2, 0.25) is 0 Å². The van der Waals surface area contributed by atoms with E-state index in [0.29, 0.717) is 0 Å². The number of thiol groups is 1. The van der Waals surface area contributed by atoms with E-state index in [-0.39, 0.29) is 0 Å². The molecule has 3 nitrogen and oxygen atoms in total. The van der Waals surface area contributed by atoms with Crippen molar-refractivity contribution in [2.24, 2.45) is 0 Å². The molecule has 0 fully saturated rings. The number of hydrogen-bond donors (Lipinski definition) is 2. The normalized spacial score (nSPS) is 10.7. The Labute approximate surface area is 72.7 Å². The lowest BCUT2D eigenvalue weighted by Gasteiger charge is -1.83. The molecule has 1 N–H and O–H groups in total. The fourth-order valence-corrected chi connectivity index (χ4v) is 1.12. The van der Waals surface area contributed by atoms with E-state index in [1.54, 1.807) is 18.1 Å². The molecule has 5 heteroatoms. The maximum Gasteiger partial charge on any atom is 0.0949 e. The van der Waals surface area contributed by atoms with Crippen LogP contribution in [-0.4, -0.2) is 15.4 Å². The minimum Gasteiger partial charge on any atom is -0.308 e. The summed E-state index contributed by atoms with van der Waals surface area (Å²) < 4.78 is 1.39. The van der Waals surface area contributed by atoms with Crippen LogP contribution in [0.3, 0.4) is 0 Å². The number of nitrogens with one attached hydrogen (secondary N) is 1. The Morgan fingerprint density at radius 1 is 1.73 bits per heavy atom. The van der Waals surface area contributed by atoms with Crippen LogP contribution < -0.4 is 0 Å². The fourth-order valence-electron chi connectivity index (χ4n) is 0.719. The third-order valence-electron chi connectivity index (χ3n) is 1.17. The molecule has 11 heavy (non-hydrogen) atoms. The molecular formula is C6H8N3PS. The molecule has 0 radical (unpaired) electrons. The lowest BCUT2D eigenvalue weighted by molar-refractivity contribution is 1.01. The summed E-state index contributed by atoms with van der Waals surface area (Å²) in [6.45, 7) is 0. The van der Waals surface area contributed by atoms with Gasteiger partial charge in [0, 0.05) is 18.0 Å². The molecule has 0 spiro atoms. The van der Waals surface area contributed by atoms with Crippen molar-refractivity contribution in [3.8, 4) is 0 Å². The van der Waals surface area contributed by atoms with E-state index in [1.807, 2.05) is 0 Å². The third kappa shape index (κ3) is 1.91. The average molecular weight is 185 g/mol. The summed E-state index contributed by atoms with van der Waals surface area (Å²) in [4.78, 5) is 0. The van der Waals surface area contributed by atoms with E-state index < -0.39 is 0 Å². The second-order valence-electron chi connectivity index (χ2n) is 1.89. The van der Waals surface area contributed by atoms with Crippen LogP contribution >= 0.6 is 22.1 Å². The highest BCUT2D eigenvalue weighted by Gasteiger charge is 2.00. The second kappa shape index (κ2) is 3.69. The van der Waals surface area contributed by atoms with E-state index in [0.717, 1.165) is 11.3 Å². The zero-order valence-corrected chi connectivity index (χ0v) is 7.78. The number of hydrogen-bond acceptors (Lipinski definition) is 3. The molecule has 0 amide bonds. The Hall–Kier alpha value is -0.600. The quantitative estimate of drug-likeness (QED) is 0.408. The van der Waals surface area contributed by atoms with E-state index in [9.17, 15) is 0 Å². The maximum atomic E-state index is 7.02. The monoisotopic (exact) mass is 185 g/mol. The van der Waals surface area contributed by atoms with Crippen molar-refractivity contribution in [3.05, 3.63) is 23.3 Å². The molecule has 0 aliphatic rings. The highest BCUT2D eigenvalue weighted by molar-refractivity contribution is 7.78. The SMILES string of the molecule is N=Cc1cn(S)nc1/C=C\P. The molecule has 1 atom stereocenters. The molecule has 1 rings (SSSR count). The summed E-state index contributed by atoms with van der Waals surface area (Å²) in [5.41, 5.74) is 1.52. The zero-order valence-electron chi connectivity index (χ0n) is 5.73. The molecule has 1 aromatic rings. The van der Waals surface area contributed by atoms with Gasteiger partial charge in [-0.2, -0.15) is 5.10 Å². The van der Waals surface area contributed by atoms with Crippen LogP contribution in [0.15, 0.2) is 12.0 Å². The first-order valence-corrected chi connectivity index (χ1v) is 4.02. The van der Waals surface area contributed by atoms with Crippen molar-refractivity contribution in [3.63, 3.8) is 0 Å². The molecule has 1 unspecified atom stereocenters. The first-order valence-electron chi connectivity index (χ1n) is 2.95. The Balaban J connectivity index is 3.11. The van der Waals surface area contributed by atoms with Gasteiger partial charge in [-0.15, -0.1) is 9.24 Å². The van der Waals surface area contributed by atoms with E-state index >= 15 is 0 Å². The van der Waals surface area contributed by atoms with Crippen LogP contribution in [-0.2, 0) is 0 Å². The first-order chi connectivity index (χ1) is 5.27. The summed E-state index contributed by atoms with van der Waals surface area (Å²) in [6, 6.07) is 0. The predicted octanol–water partition coefficient (Wildman–Crippen LogP) is 1.42. The van der Waals surface area contributed by atoms with Crippen LogP contribution in [0.5, 0.6) is 0 Å². The largest absolute Gasteiger partial charge is 0.308 e. The Kier molecular flexibility index (Phi) is 2.85. The number of nitrogens with zero attached hydrogens (tertiary/aromatic N) is 2. The Morgan fingerprint density at radius 3 is 3.00 bits per heavy atom. The van der Waals surface area contributed by atoms with Gasteiger partial charge in [0.05, 0.1) is 5.69 Å². The Bertz CT molecular complexity index is 292. The van der Waals surface area contributed by atoms with Crippen molar-refractivity contribution in [2.75, 3.05) is 0 Å². The van der Waals surface area contributed by atoms with Crippen molar-refractivity contribution in [2.45, 2.75) is 0 Å². The summed E-state index contributed by atoms with van der Waals surface area (Å²) in [6.07, 6.45) is 4.73. The summed E-state index contributed by atoms with van der Waals surface area (Å²) in [5.74, 6) is 1.79. The Morgan fingerprint density at radius 2 is 2.45 bits per heavy atom. The second-order valence-corrected chi connectivity index (χ2v) is 2.69. The highest BCUT2D eigenvalue weighted by Crippen LogP contribution is 2.07. The molecule has 0 aromatic carbocycles. The van der Waals surface area contributed by atoms with Gasteiger partial charge in [0.1, 0.15) is 0 Å². The van der Waals surface area contributed by atoms with Gasteiger partial charge in [0.25, 0.3) is 0 Å². The fraction of sp³-hybridized carbons (Fsp3) is 0. The topological polar surface area (TPSA) is 41.7 Å². The summed E-state index contributed by atoms with van der Waals surface area (Å²) in [5, 5.41) is 11.0. The maximum absolute atomic E-state index is 7.02. The number of rotatable bonds is 2. The molecule has 0 aliphatic heterocycles. The minimum atomic E-state index is 0.755. The molecule has 1 aromatic heterocycles. The molecule has 1 heterocycles. The lowest BCUT2D eigenvalue weighted by Crippen LogP contribution is -1.80. The van der Waals surface area contributed by atoms with Gasteiger partial charge in [-0.1, -0.05) is 5.82 Å². The van der Waals surface area contributed by atoms with E-state index in [2.05, 4.69) is 27.2 Å². The van der Waals surface area contributed by atoms with E-state index in [4.69, 9.17) is 5.41 Å². The van der Waals surface area contributed by atoms with Crippen LogP contribution in [0.4, 0.5) is 0 Å². The van der Waals surface area contributed by atoms with Crippen molar-refractivity contribution < 1.29 is 0 Å². The van der Waals surface area contributed by atoms with Gasteiger partial charge in [-0.3, -0.25) is 0 Å². The number of aromatic nitrogens is 2. The molecule has 0 bridgehead atoms. The van der Waals surface area contributed by atoms with Crippen LogP contribution in [0, 0.1) is 5.41 Å². The predicted molar refractivity (Wildman–Crippen MR) is 53.2 cm³/mol. The van der Waals surface area contributed by atoms with Gasteiger partial charge >= 0.3 is 0 Å². The van der Waals surface area contributed by atoms with Crippen molar-refractivity contribution >= 4 is 34.3 Å². The summed E-state index contributed by atoms with van der Waals surface area (Å²) >= 11 is 3.98. The smallest absolute Gasteiger partial charge is 0.0949 e. The molecule has 0 aliphatic carbocycles. The van der Waals surface area contributed by atoms with Gasteiger partial charge in [0.15, 0.2) is 0 Å².